The van der Waals surface area contributed by atoms with Crippen LogP contribution in [0.5, 0.6) is 0 Å². The first-order valence-corrected chi connectivity index (χ1v) is 5.90. The summed E-state index contributed by atoms with van der Waals surface area (Å²) in [7, 11) is 0. The van der Waals surface area contributed by atoms with Crippen LogP contribution in [0.3, 0.4) is 0 Å². The minimum atomic E-state index is -0.478. The van der Waals surface area contributed by atoms with Crippen molar-refractivity contribution in [3.63, 3.8) is 0 Å². The summed E-state index contributed by atoms with van der Waals surface area (Å²) in [4.78, 5) is 14.1. The van der Waals surface area contributed by atoms with Crippen molar-refractivity contribution in [2.45, 2.75) is 20.4 Å². The van der Waals surface area contributed by atoms with Crippen molar-refractivity contribution in [3.8, 4) is 0 Å². The van der Waals surface area contributed by atoms with E-state index in [0.717, 1.165) is 22.3 Å². The maximum Gasteiger partial charge on any atom is 0.434 e. The maximum atomic E-state index is 10.9. The Morgan fingerprint density at radius 2 is 2.26 bits per heavy atom. The molecule has 0 aliphatic heterocycles. The van der Waals surface area contributed by atoms with Gasteiger partial charge in [-0.2, -0.15) is 0 Å². The van der Waals surface area contributed by atoms with E-state index in [-0.39, 0.29) is 5.95 Å². The molecule has 0 atom stereocenters. The minimum Gasteiger partial charge on any atom is -0.390 e. The number of rotatable bonds is 4. The van der Waals surface area contributed by atoms with E-state index in [1.54, 1.807) is 6.20 Å². The maximum absolute atomic E-state index is 10.9. The summed E-state index contributed by atoms with van der Waals surface area (Å²) in [5.41, 5.74) is 4.12. The number of aryl methyl sites for hydroxylation is 1. The lowest BCUT2D eigenvalue weighted by molar-refractivity contribution is -0.396. The third-order valence-electron chi connectivity index (χ3n) is 2.92. The van der Waals surface area contributed by atoms with Gasteiger partial charge in [-0.3, -0.25) is 0 Å². The third kappa shape index (κ3) is 2.70. The molecule has 0 bridgehead atoms. The number of imidazole rings is 1. The SMILES string of the molecule is C=C(C)c1cc(C)ccc1Cn1ccnc1[N+](=O)[O-]. The second-order valence-electron chi connectivity index (χ2n) is 4.55. The molecule has 0 radical (unpaired) electrons. The Hall–Kier alpha value is -2.43. The van der Waals surface area contributed by atoms with E-state index in [9.17, 15) is 10.1 Å². The van der Waals surface area contributed by atoms with Gasteiger partial charge in [-0.05, 0) is 29.9 Å². The predicted octanol–water partition coefficient (Wildman–Crippen LogP) is 3.18. The molecule has 0 saturated heterocycles. The zero-order chi connectivity index (χ0) is 14.0. The Bertz CT molecular complexity index is 644. The Kier molecular flexibility index (Phi) is 3.46. The van der Waals surface area contributed by atoms with Crippen molar-refractivity contribution < 1.29 is 4.92 Å². The van der Waals surface area contributed by atoms with Crippen LogP contribution in [0.4, 0.5) is 5.95 Å². The summed E-state index contributed by atoms with van der Waals surface area (Å²) in [6, 6.07) is 6.01. The van der Waals surface area contributed by atoms with Crippen LogP contribution in [0.2, 0.25) is 0 Å². The van der Waals surface area contributed by atoms with Gasteiger partial charge in [-0.1, -0.05) is 40.9 Å². The molecule has 5 nitrogen and oxygen atoms in total. The summed E-state index contributed by atoms with van der Waals surface area (Å²) in [6.07, 6.45) is 3.05. The molecular formula is C14H15N3O2. The molecule has 19 heavy (non-hydrogen) atoms. The summed E-state index contributed by atoms with van der Waals surface area (Å²) < 4.78 is 1.52. The highest BCUT2D eigenvalue weighted by molar-refractivity contribution is 5.65. The third-order valence-corrected chi connectivity index (χ3v) is 2.92. The topological polar surface area (TPSA) is 61.0 Å². The van der Waals surface area contributed by atoms with Crippen LogP contribution in [0.25, 0.3) is 5.57 Å². The van der Waals surface area contributed by atoms with Gasteiger partial charge >= 0.3 is 5.95 Å². The highest BCUT2D eigenvalue weighted by atomic mass is 16.6. The molecule has 2 rings (SSSR count). The second kappa shape index (κ2) is 5.06. The molecule has 0 aliphatic carbocycles. The van der Waals surface area contributed by atoms with E-state index in [4.69, 9.17) is 0 Å². The van der Waals surface area contributed by atoms with Gasteiger partial charge in [-0.25, -0.2) is 4.57 Å². The van der Waals surface area contributed by atoms with Gasteiger partial charge in [0.1, 0.15) is 12.4 Å². The number of hydrogen-bond donors (Lipinski definition) is 0. The van der Waals surface area contributed by atoms with Crippen molar-refractivity contribution in [2.24, 2.45) is 0 Å². The Morgan fingerprint density at radius 1 is 1.53 bits per heavy atom. The predicted molar refractivity (Wildman–Crippen MR) is 73.9 cm³/mol. The number of nitrogens with zero attached hydrogens (tertiary/aromatic N) is 3. The molecule has 98 valence electrons. The molecule has 1 heterocycles. The molecule has 2 aromatic rings. The molecule has 0 fully saturated rings. The first kappa shape index (κ1) is 13.0. The van der Waals surface area contributed by atoms with Crippen molar-refractivity contribution >= 4 is 11.5 Å². The van der Waals surface area contributed by atoms with Gasteiger partial charge < -0.3 is 10.1 Å². The molecule has 1 aromatic heterocycles. The van der Waals surface area contributed by atoms with Gasteiger partial charge in [-0.15, -0.1) is 0 Å². The number of aromatic nitrogens is 2. The summed E-state index contributed by atoms with van der Waals surface area (Å²) in [6.45, 7) is 8.31. The van der Waals surface area contributed by atoms with Crippen LogP contribution in [0.1, 0.15) is 23.6 Å². The van der Waals surface area contributed by atoms with Crippen molar-refractivity contribution in [2.75, 3.05) is 0 Å². The summed E-state index contributed by atoms with van der Waals surface area (Å²) in [5.74, 6) is -0.145. The lowest BCUT2D eigenvalue weighted by Gasteiger charge is -2.10. The molecule has 5 heteroatoms. The van der Waals surface area contributed by atoms with Crippen molar-refractivity contribution in [1.29, 1.82) is 0 Å². The molecular weight excluding hydrogens is 242 g/mol. The number of allylic oxidation sites excluding steroid dienone is 1. The van der Waals surface area contributed by atoms with Crippen LogP contribution < -0.4 is 0 Å². The molecule has 0 spiro atoms. The Morgan fingerprint density at radius 3 is 2.89 bits per heavy atom. The quantitative estimate of drug-likeness (QED) is 0.624. The minimum absolute atomic E-state index is 0.145. The first-order chi connectivity index (χ1) is 8.99. The molecule has 0 N–H and O–H groups in total. The summed E-state index contributed by atoms with van der Waals surface area (Å²) >= 11 is 0. The average molecular weight is 257 g/mol. The number of nitro groups is 1. The Balaban J connectivity index is 2.41. The molecule has 1 aromatic carbocycles. The standard InChI is InChI=1S/C14H15N3O2/c1-10(2)13-8-11(3)4-5-12(13)9-16-7-6-15-14(16)17(18)19/h4-8H,1,9H2,2-3H3. The molecule has 0 unspecified atom stereocenters. The fraction of sp³-hybridized carbons (Fsp3) is 0.214. The van der Waals surface area contributed by atoms with Crippen LogP contribution >= 0.6 is 0 Å². The number of hydrogen-bond acceptors (Lipinski definition) is 3. The van der Waals surface area contributed by atoms with Gasteiger partial charge in [0.15, 0.2) is 0 Å². The Labute approximate surface area is 111 Å². The normalized spacial score (nSPS) is 10.4. The van der Waals surface area contributed by atoms with E-state index in [1.165, 1.54) is 10.8 Å². The summed E-state index contributed by atoms with van der Waals surface area (Å²) in [5, 5.41) is 10.9. The smallest absolute Gasteiger partial charge is 0.390 e. The van der Waals surface area contributed by atoms with Crippen molar-refractivity contribution in [3.05, 3.63) is 64.0 Å². The van der Waals surface area contributed by atoms with Gasteiger partial charge in [0, 0.05) is 0 Å². The number of benzene rings is 1. The van der Waals surface area contributed by atoms with Crippen LogP contribution in [0.15, 0.2) is 37.2 Å². The average Bonchev–Trinajstić information content (AvgIpc) is 2.79. The largest absolute Gasteiger partial charge is 0.434 e. The lowest BCUT2D eigenvalue weighted by Crippen LogP contribution is -2.06. The van der Waals surface area contributed by atoms with Gasteiger partial charge in [0.05, 0.1) is 6.54 Å². The lowest BCUT2D eigenvalue weighted by atomic mass is 9.99. The molecule has 0 amide bonds. The highest BCUT2D eigenvalue weighted by Crippen LogP contribution is 2.21. The fourth-order valence-corrected chi connectivity index (χ4v) is 2.01. The molecule has 0 aliphatic rings. The van der Waals surface area contributed by atoms with E-state index in [0.29, 0.717) is 6.54 Å². The van der Waals surface area contributed by atoms with Crippen LogP contribution in [-0.4, -0.2) is 14.5 Å². The van der Waals surface area contributed by atoms with Gasteiger partial charge in [0.25, 0.3) is 0 Å². The second-order valence-corrected chi connectivity index (χ2v) is 4.55. The first-order valence-electron chi connectivity index (χ1n) is 5.90. The van der Waals surface area contributed by atoms with E-state index >= 15 is 0 Å². The van der Waals surface area contributed by atoms with Crippen LogP contribution in [-0.2, 0) is 6.54 Å². The van der Waals surface area contributed by atoms with Gasteiger partial charge in [0.2, 0.25) is 0 Å². The monoisotopic (exact) mass is 257 g/mol. The fourth-order valence-electron chi connectivity index (χ4n) is 2.01. The van der Waals surface area contributed by atoms with Crippen LogP contribution in [0, 0.1) is 17.0 Å². The highest BCUT2D eigenvalue weighted by Gasteiger charge is 2.15. The van der Waals surface area contributed by atoms with E-state index in [1.807, 2.05) is 32.0 Å². The van der Waals surface area contributed by atoms with E-state index < -0.39 is 4.92 Å². The molecule has 0 saturated carbocycles. The zero-order valence-electron chi connectivity index (χ0n) is 11.0. The van der Waals surface area contributed by atoms with E-state index in [2.05, 4.69) is 11.6 Å². The zero-order valence-corrected chi connectivity index (χ0v) is 11.0. The van der Waals surface area contributed by atoms with Crippen molar-refractivity contribution in [1.82, 2.24) is 9.55 Å².